The molecule has 3 rings (SSSR count). The maximum atomic E-state index is 12.1. The number of aryl methyl sites for hydroxylation is 1. The number of carbonyl (C=O) groups is 1. The van der Waals surface area contributed by atoms with Crippen molar-refractivity contribution in [3.8, 4) is 0 Å². The van der Waals surface area contributed by atoms with Crippen LogP contribution in [0.3, 0.4) is 0 Å². The van der Waals surface area contributed by atoms with Gasteiger partial charge in [-0.15, -0.1) is 0 Å². The van der Waals surface area contributed by atoms with Crippen molar-refractivity contribution in [3.63, 3.8) is 0 Å². The van der Waals surface area contributed by atoms with Crippen LogP contribution in [0.4, 0.5) is 0 Å². The number of rotatable bonds is 4. The normalized spacial score (nSPS) is 16.4. The van der Waals surface area contributed by atoms with Gasteiger partial charge in [0, 0.05) is 30.7 Å². The lowest BCUT2D eigenvalue weighted by molar-refractivity contribution is 0.0880. The fourth-order valence-corrected chi connectivity index (χ4v) is 3.02. The van der Waals surface area contributed by atoms with Crippen molar-refractivity contribution < 1.29 is 9.21 Å². The zero-order valence-electron chi connectivity index (χ0n) is 13.2. The van der Waals surface area contributed by atoms with Crippen LogP contribution in [-0.4, -0.2) is 29.9 Å². The Balaban J connectivity index is 1.46. The van der Waals surface area contributed by atoms with E-state index in [1.165, 1.54) is 5.56 Å². The quantitative estimate of drug-likeness (QED) is 0.929. The third-order valence-electron chi connectivity index (χ3n) is 4.21. The molecule has 2 heterocycles. The molecule has 0 bridgehead atoms. The van der Waals surface area contributed by atoms with E-state index in [9.17, 15) is 4.79 Å². The zero-order chi connectivity index (χ0) is 16.2. The number of carbonyl (C=O) groups excluding carboxylic acids is 1. The van der Waals surface area contributed by atoms with Crippen LogP contribution in [-0.2, 0) is 6.54 Å². The lowest BCUT2D eigenvalue weighted by atomic mass is 10.0. The molecule has 122 valence electrons. The average Bonchev–Trinajstić information content (AvgIpc) is 2.98. The number of hydrogen-bond acceptors (Lipinski definition) is 3. The van der Waals surface area contributed by atoms with Crippen LogP contribution in [0.2, 0.25) is 5.02 Å². The summed E-state index contributed by atoms with van der Waals surface area (Å²) >= 11 is 5.91. The van der Waals surface area contributed by atoms with Crippen molar-refractivity contribution >= 4 is 17.5 Å². The summed E-state index contributed by atoms with van der Waals surface area (Å²) in [5.74, 6) is 1.04. The summed E-state index contributed by atoms with van der Waals surface area (Å²) in [6.45, 7) is 4.72. The lowest BCUT2D eigenvalue weighted by Gasteiger charge is -2.32. The smallest absolute Gasteiger partial charge is 0.287 e. The molecular weight excluding hydrogens is 312 g/mol. The third-order valence-corrected chi connectivity index (χ3v) is 4.46. The predicted octanol–water partition coefficient (Wildman–Crippen LogP) is 3.64. The Bertz CT molecular complexity index is 658. The summed E-state index contributed by atoms with van der Waals surface area (Å²) in [6, 6.07) is 11.7. The zero-order valence-corrected chi connectivity index (χ0v) is 14.0. The number of furan rings is 1. The van der Waals surface area contributed by atoms with E-state index in [2.05, 4.69) is 22.3 Å². The second-order valence-electron chi connectivity index (χ2n) is 6.06. The number of nitrogens with zero attached hydrogens (tertiary/aromatic N) is 1. The van der Waals surface area contributed by atoms with E-state index < -0.39 is 0 Å². The van der Waals surface area contributed by atoms with Crippen molar-refractivity contribution in [3.05, 3.63) is 58.5 Å². The van der Waals surface area contributed by atoms with Gasteiger partial charge < -0.3 is 9.73 Å². The molecule has 1 aliphatic heterocycles. The lowest BCUT2D eigenvalue weighted by Crippen LogP contribution is -2.44. The van der Waals surface area contributed by atoms with Gasteiger partial charge in [-0.05, 0) is 49.6 Å². The van der Waals surface area contributed by atoms with Gasteiger partial charge in [0.25, 0.3) is 5.91 Å². The minimum Gasteiger partial charge on any atom is -0.456 e. The van der Waals surface area contributed by atoms with Crippen molar-refractivity contribution in [1.82, 2.24) is 10.2 Å². The van der Waals surface area contributed by atoms with Crippen molar-refractivity contribution in [2.45, 2.75) is 32.4 Å². The molecule has 0 radical (unpaired) electrons. The van der Waals surface area contributed by atoms with Gasteiger partial charge in [0.15, 0.2) is 5.76 Å². The standard InChI is InChI=1S/C18H21ClN2O2/c1-13-2-7-17(23-13)18(22)20-16-8-10-21(11-9-16)12-14-3-5-15(19)6-4-14/h2-7,16H,8-12H2,1H3,(H,20,22). The van der Waals surface area contributed by atoms with Gasteiger partial charge in [-0.1, -0.05) is 23.7 Å². The highest BCUT2D eigenvalue weighted by atomic mass is 35.5. The van der Waals surface area contributed by atoms with Crippen LogP contribution in [0.25, 0.3) is 0 Å². The van der Waals surface area contributed by atoms with E-state index >= 15 is 0 Å². The molecule has 0 unspecified atom stereocenters. The Labute approximate surface area is 141 Å². The van der Waals surface area contributed by atoms with Crippen LogP contribution in [0.5, 0.6) is 0 Å². The molecule has 0 spiro atoms. The molecule has 0 aliphatic carbocycles. The first-order valence-electron chi connectivity index (χ1n) is 7.94. The molecule has 1 aromatic carbocycles. The summed E-state index contributed by atoms with van der Waals surface area (Å²) in [5, 5.41) is 3.83. The Hall–Kier alpha value is -1.78. The number of benzene rings is 1. The molecule has 4 nitrogen and oxygen atoms in total. The van der Waals surface area contributed by atoms with E-state index in [1.807, 2.05) is 25.1 Å². The molecule has 1 aromatic heterocycles. The predicted molar refractivity (Wildman–Crippen MR) is 90.7 cm³/mol. The molecule has 23 heavy (non-hydrogen) atoms. The second-order valence-corrected chi connectivity index (χ2v) is 6.50. The topological polar surface area (TPSA) is 45.5 Å². The molecular formula is C18H21ClN2O2. The second kappa shape index (κ2) is 7.20. The maximum Gasteiger partial charge on any atom is 0.287 e. The van der Waals surface area contributed by atoms with Gasteiger partial charge >= 0.3 is 0 Å². The summed E-state index contributed by atoms with van der Waals surface area (Å²) in [6.07, 6.45) is 1.91. The largest absolute Gasteiger partial charge is 0.456 e. The molecule has 2 aromatic rings. The van der Waals surface area contributed by atoms with Crippen molar-refractivity contribution in [2.24, 2.45) is 0 Å². The number of likely N-dealkylation sites (tertiary alicyclic amines) is 1. The highest BCUT2D eigenvalue weighted by Crippen LogP contribution is 2.16. The number of amides is 1. The number of hydrogen-bond donors (Lipinski definition) is 1. The van der Waals surface area contributed by atoms with E-state index in [0.717, 1.165) is 43.3 Å². The van der Waals surface area contributed by atoms with Crippen LogP contribution in [0.15, 0.2) is 40.8 Å². The third kappa shape index (κ3) is 4.36. The van der Waals surface area contributed by atoms with Gasteiger partial charge in [-0.3, -0.25) is 9.69 Å². The number of piperidine rings is 1. The van der Waals surface area contributed by atoms with E-state index in [4.69, 9.17) is 16.0 Å². The van der Waals surface area contributed by atoms with E-state index in [0.29, 0.717) is 5.76 Å². The van der Waals surface area contributed by atoms with Crippen LogP contribution in [0, 0.1) is 6.92 Å². The first-order chi connectivity index (χ1) is 11.1. The summed E-state index contributed by atoms with van der Waals surface area (Å²) < 4.78 is 5.36. The summed E-state index contributed by atoms with van der Waals surface area (Å²) in [5.41, 5.74) is 1.27. The SMILES string of the molecule is Cc1ccc(C(=O)NC2CCN(Cc3ccc(Cl)cc3)CC2)o1. The molecule has 0 atom stereocenters. The Morgan fingerprint density at radius 3 is 2.52 bits per heavy atom. The van der Waals surface area contributed by atoms with Crippen molar-refractivity contribution in [2.75, 3.05) is 13.1 Å². The van der Waals surface area contributed by atoms with Crippen LogP contribution in [0.1, 0.15) is 34.7 Å². The Morgan fingerprint density at radius 1 is 1.22 bits per heavy atom. The van der Waals surface area contributed by atoms with E-state index in [1.54, 1.807) is 6.07 Å². The average molecular weight is 333 g/mol. The molecule has 0 saturated carbocycles. The minimum absolute atomic E-state index is 0.116. The van der Waals surface area contributed by atoms with Gasteiger partial charge in [0.2, 0.25) is 0 Å². The molecule has 1 amide bonds. The molecule has 1 fully saturated rings. The van der Waals surface area contributed by atoms with Crippen LogP contribution < -0.4 is 5.32 Å². The fourth-order valence-electron chi connectivity index (χ4n) is 2.90. The first-order valence-corrected chi connectivity index (χ1v) is 8.32. The first kappa shape index (κ1) is 16.1. The number of nitrogens with one attached hydrogen (secondary N) is 1. The van der Waals surface area contributed by atoms with Gasteiger partial charge in [0.1, 0.15) is 5.76 Å². The fraction of sp³-hybridized carbons (Fsp3) is 0.389. The Morgan fingerprint density at radius 2 is 1.91 bits per heavy atom. The minimum atomic E-state index is -0.116. The van der Waals surface area contributed by atoms with Gasteiger partial charge in [-0.2, -0.15) is 0 Å². The van der Waals surface area contributed by atoms with Gasteiger partial charge in [-0.25, -0.2) is 0 Å². The molecule has 1 aliphatic rings. The van der Waals surface area contributed by atoms with Gasteiger partial charge in [0.05, 0.1) is 0 Å². The molecule has 1 N–H and O–H groups in total. The van der Waals surface area contributed by atoms with Crippen LogP contribution >= 0.6 is 11.6 Å². The summed E-state index contributed by atoms with van der Waals surface area (Å²) in [4.78, 5) is 14.5. The number of halogens is 1. The highest BCUT2D eigenvalue weighted by Gasteiger charge is 2.22. The molecule has 1 saturated heterocycles. The summed E-state index contributed by atoms with van der Waals surface area (Å²) in [7, 11) is 0. The monoisotopic (exact) mass is 332 g/mol. The maximum absolute atomic E-state index is 12.1. The molecule has 5 heteroatoms. The van der Waals surface area contributed by atoms with Crippen molar-refractivity contribution in [1.29, 1.82) is 0 Å². The Kier molecular flexibility index (Phi) is 5.03. The van der Waals surface area contributed by atoms with E-state index in [-0.39, 0.29) is 11.9 Å². The highest BCUT2D eigenvalue weighted by molar-refractivity contribution is 6.30.